The molecule has 2 aromatic carbocycles. The number of benzene rings is 2. The second-order valence-corrected chi connectivity index (χ2v) is 9.35. The van der Waals surface area contributed by atoms with Crippen LogP contribution >= 0.6 is 0 Å². The summed E-state index contributed by atoms with van der Waals surface area (Å²) in [7, 11) is 5.84. The highest BCUT2D eigenvalue weighted by Gasteiger charge is 2.39. The van der Waals surface area contributed by atoms with Gasteiger partial charge in [-0.15, -0.1) is 0 Å². The highest BCUT2D eigenvalue weighted by Crippen LogP contribution is 2.47. The van der Waals surface area contributed by atoms with Gasteiger partial charge in [0.05, 0.1) is 18.4 Å². The Hall–Kier alpha value is -2.49. The molecule has 0 saturated carbocycles. The van der Waals surface area contributed by atoms with Crippen LogP contribution in [0.3, 0.4) is 0 Å². The Morgan fingerprint density at radius 1 is 1.04 bits per heavy atom. The molecule has 148 valence electrons. The summed E-state index contributed by atoms with van der Waals surface area (Å²) in [4.78, 5) is 7.30. The monoisotopic (exact) mass is 378 g/mol. The fourth-order valence-corrected chi connectivity index (χ4v) is 4.35. The number of aliphatic imine (C=N–C) groups is 1. The zero-order valence-electron chi connectivity index (χ0n) is 18.0. The van der Waals surface area contributed by atoms with Crippen LogP contribution < -0.4 is 14.4 Å². The Labute approximate surface area is 168 Å². The van der Waals surface area contributed by atoms with Gasteiger partial charge >= 0.3 is 0 Å². The molecule has 0 amide bonds. The van der Waals surface area contributed by atoms with Crippen LogP contribution in [-0.4, -0.2) is 38.1 Å². The molecular weight excluding hydrogens is 348 g/mol. The summed E-state index contributed by atoms with van der Waals surface area (Å²) in [5.41, 5.74) is 6.76. The molecule has 28 heavy (non-hydrogen) atoms. The lowest BCUT2D eigenvalue weighted by Crippen LogP contribution is -2.30. The summed E-state index contributed by atoms with van der Waals surface area (Å²) in [6.45, 7) is 8.66. The van der Waals surface area contributed by atoms with E-state index in [-0.39, 0.29) is 11.1 Å². The van der Waals surface area contributed by atoms with E-state index in [2.05, 4.69) is 77.0 Å². The molecule has 0 fully saturated rings. The molecule has 0 spiro atoms. The van der Waals surface area contributed by atoms with E-state index in [1.165, 1.54) is 22.4 Å². The maximum Gasteiger partial charge on any atom is 0.166 e. The summed E-state index contributed by atoms with van der Waals surface area (Å²) in [5, 5.41) is 0. The van der Waals surface area contributed by atoms with Gasteiger partial charge in [0.1, 0.15) is 5.60 Å². The molecule has 4 nitrogen and oxygen atoms in total. The van der Waals surface area contributed by atoms with Crippen LogP contribution in [0.15, 0.2) is 35.3 Å². The van der Waals surface area contributed by atoms with Crippen molar-refractivity contribution >= 4 is 11.4 Å². The normalized spacial score (nSPS) is 18.6. The topological polar surface area (TPSA) is 34.1 Å². The summed E-state index contributed by atoms with van der Waals surface area (Å²) >= 11 is 0. The van der Waals surface area contributed by atoms with E-state index >= 15 is 0 Å². The molecule has 2 aliphatic heterocycles. The number of anilines is 1. The van der Waals surface area contributed by atoms with Gasteiger partial charge in [-0.25, -0.2) is 0 Å². The van der Waals surface area contributed by atoms with Crippen molar-refractivity contribution < 1.29 is 9.47 Å². The standard InChI is InChI=1S/C24H30N2O2/c1-23(2)13-16-12-19(27-7)22-18(14-24(3,4)28-22)20(16)21(25-23)15-8-10-17(11-9-15)26(5)6/h8-12H,13-14H2,1-7H3. The first-order chi connectivity index (χ1) is 13.1. The molecule has 2 heterocycles. The number of nitrogens with zero attached hydrogens (tertiary/aromatic N) is 2. The second-order valence-electron chi connectivity index (χ2n) is 9.35. The van der Waals surface area contributed by atoms with E-state index in [4.69, 9.17) is 14.5 Å². The summed E-state index contributed by atoms with van der Waals surface area (Å²) in [6.07, 6.45) is 1.75. The zero-order valence-corrected chi connectivity index (χ0v) is 18.0. The van der Waals surface area contributed by atoms with Gasteiger partial charge in [-0.2, -0.15) is 0 Å². The van der Waals surface area contributed by atoms with Gasteiger partial charge in [0, 0.05) is 42.9 Å². The number of hydrogen-bond acceptors (Lipinski definition) is 4. The number of ether oxygens (including phenoxy) is 2. The maximum atomic E-state index is 6.28. The molecule has 4 rings (SSSR count). The predicted molar refractivity (Wildman–Crippen MR) is 116 cm³/mol. The van der Waals surface area contributed by atoms with Crippen molar-refractivity contribution in [3.05, 3.63) is 52.6 Å². The van der Waals surface area contributed by atoms with E-state index in [9.17, 15) is 0 Å². The van der Waals surface area contributed by atoms with Gasteiger partial charge in [-0.1, -0.05) is 12.1 Å². The van der Waals surface area contributed by atoms with E-state index in [0.29, 0.717) is 0 Å². The maximum absolute atomic E-state index is 6.28. The predicted octanol–water partition coefficient (Wildman–Crippen LogP) is 4.65. The van der Waals surface area contributed by atoms with E-state index in [1.807, 2.05) is 0 Å². The smallest absolute Gasteiger partial charge is 0.166 e. The summed E-state index contributed by atoms with van der Waals surface area (Å²) < 4.78 is 12.0. The molecule has 2 aliphatic rings. The Bertz CT molecular complexity index is 954. The third-order valence-electron chi connectivity index (χ3n) is 5.56. The van der Waals surface area contributed by atoms with Gasteiger partial charge < -0.3 is 14.4 Å². The largest absolute Gasteiger partial charge is 0.493 e. The lowest BCUT2D eigenvalue weighted by Gasteiger charge is -2.31. The molecule has 0 aliphatic carbocycles. The van der Waals surface area contributed by atoms with Crippen LogP contribution in [0.25, 0.3) is 0 Å². The third kappa shape index (κ3) is 3.15. The van der Waals surface area contributed by atoms with Crippen molar-refractivity contribution in [3.8, 4) is 11.5 Å². The van der Waals surface area contributed by atoms with Crippen LogP contribution in [0.4, 0.5) is 5.69 Å². The molecule has 0 N–H and O–H groups in total. The molecule has 0 aromatic heterocycles. The van der Waals surface area contributed by atoms with Crippen LogP contribution in [-0.2, 0) is 12.8 Å². The average molecular weight is 379 g/mol. The Balaban J connectivity index is 1.92. The Morgan fingerprint density at radius 2 is 1.71 bits per heavy atom. The lowest BCUT2D eigenvalue weighted by molar-refractivity contribution is 0.134. The van der Waals surface area contributed by atoms with Crippen molar-refractivity contribution in [1.29, 1.82) is 0 Å². The van der Waals surface area contributed by atoms with Crippen molar-refractivity contribution in [2.24, 2.45) is 4.99 Å². The van der Waals surface area contributed by atoms with Crippen molar-refractivity contribution in [3.63, 3.8) is 0 Å². The molecule has 2 aromatic rings. The summed E-state index contributed by atoms with van der Waals surface area (Å²) in [6, 6.07) is 10.8. The third-order valence-corrected chi connectivity index (χ3v) is 5.56. The van der Waals surface area contributed by atoms with Crippen LogP contribution in [0.5, 0.6) is 11.5 Å². The van der Waals surface area contributed by atoms with Crippen LogP contribution in [0.1, 0.15) is 49.9 Å². The number of fused-ring (bicyclic) bond motifs is 3. The first kappa shape index (κ1) is 18.9. The van der Waals surface area contributed by atoms with Crippen LogP contribution in [0, 0.1) is 0 Å². The number of methoxy groups -OCH3 is 1. The van der Waals surface area contributed by atoms with Crippen molar-refractivity contribution in [2.45, 2.75) is 51.7 Å². The SMILES string of the molecule is COc1cc2c(c3c1OC(C)(C)C3)C(c1ccc(N(C)C)cc1)=NC(C)(C)C2. The van der Waals surface area contributed by atoms with Gasteiger partial charge in [0.2, 0.25) is 0 Å². The fraction of sp³-hybridized carbons (Fsp3) is 0.458. The fourth-order valence-electron chi connectivity index (χ4n) is 4.35. The van der Waals surface area contributed by atoms with E-state index in [1.54, 1.807) is 7.11 Å². The molecule has 0 unspecified atom stereocenters. The van der Waals surface area contributed by atoms with Gasteiger partial charge in [0.15, 0.2) is 11.5 Å². The second kappa shape index (κ2) is 6.26. The first-order valence-corrected chi connectivity index (χ1v) is 9.90. The Morgan fingerprint density at radius 3 is 2.32 bits per heavy atom. The quantitative estimate of drug-likeness (QED) is 0.780. The molecule has 0 saturated heterocycles. The Kier molecular flexibility index (Phi) is 4.22. The highest BCUT2D eigenvalue weighted by atomic mass is 16.5. The molecule has 0 atom stereocenters. The van der Waals surface area contributed by atoms with Crippen molar-refractivity contribution in [1.82, 2.24) is 0 Å². The zero-order chi connectivity index (χ0) is 20.3. The van der Waals surface area contributed by atoms with Gasteiger partial charge in [0.25, 0.3) is 0 Å². The molecule has 0 bridgehead atoms. The average Bonchev–Trinajstić information content (AvgIpc) is 2.94. The number of hydrogen-bond donors (Lipinski definition) is 0. The lowest BCUT2D eigenvalue weighted by atomic mass is 9.81. The number of rotatable bonds is 3. The van der Waals surface area contributed by atoms with E-state index < -0.39 is 0 Å². The summed E-state index contributed by atoms with van der Waals surface area (Å²) in [5.74, 6) is 1.71. The van der Waals surface area contributed by atoms with E-state index in [0.717, 1.165) is 35.6 Å². The van der Waals surface area contributed by atoms with Gasteiger partial charge in [-0.3, -0.25) is 4.99 Å². The minimum atomic E-state index is -0.239. The molecule has 4 heteroatoms. The molecular formula is C24H30N2O2. The van der Waals surface area contributed by atoms with Crippen LogP contribution in [0.2, 0.25) is 0 Å². The molecule has 0 radical (unpaired) electrons. The minimum Gasteiger partial charge on any atom is -0.493 e. The first-order valence-electron chi connectivity index (χ1n) is 9.90. The van der Waals surface area contributed by atoms with Gasteiger partial charge in [-0.05, 0) is 57.9 Å². The van der Waals surface area contributed by atoms with Crippen molar-refractivity contribution in [2.75, 3.05) is 26.1 Å². The minimum absolute atomic E-state index is 0.156. The highest BCUT2D eigenvalue weighted by molar-refractivity contribution is 6.16.